The zero-order valence-electron chi connectivity index (χ0n) is 34.7. The predicted molar refractivity (Wildman–Crippen MR) is 277 cm³/mol. The normalized spacial score (nSPS) is 12.0. The predicted octanol–water partition coefficient (Wildman–Crippen LogP) is 16.7. The highest BCUT2D eigenvalue weighted by atomic mass is 32.1. The topological polar surface area (TPSA) is 43.6 Å². The molecule has 0 atom stereocenters. The largest absolute Gasteiger partial charge is 0.309 e. The highest BCUT2D eigenvalue weighted by Gasteiger charge is 2.24. The molecule has 4 nitrogen and oxygen atoms in total. The van der Waals surface area contributed by atoms with Crippen molar-refractivity contribution in [2.45, 2.75) is 0 Å². The first-order chi connectivity index (χ1) is 32.2. The molecular weight excluding hydrogens is 829 g/mol. The van der Waals surface area contributed by atoms with Crippen LogP contribution in [0.1, 0.15) is 0 Å². The van der Waals surface area contributed by atoms with Crippen LogP contribution in [0.25, 0.3) is 135 Å². The molecule has 0 amide bonds. The van der Waals surface area contributed by atoms with Crippen molar-refractivity contribution >= 4 is 106 Å². The third-order valence-electron chi connectivity index (χ3n) is 13.0. The Morgan fingerprint density at radius 3 is 1.80 bits per heavy atom. The molecule has 0 fully saturated rings. The second kappa shape index (κ2) is 14.2. The summed E-state index contributed by atoms with van der Waals surface area (Å²) in [6.45, 7) is 0. The van der Waals surface area contributed by atoms with Gasteiger partial charge in [0.1, 0.15) is 0 Å². The van der Waals surface area contributed by atoms with Crippen LogP contribution in [0.2, 0.25) is 0 Å². The Morgan fingerprint density at radius 1 is 0.338 bits per heavy atom. The summed E-state index contributed by atoms with van der Waals surface area (Å²) >= 11 is 3.65. The van der Waals surface area contributed by atoms with E-state index in [1.807, 2.05) is 29.5 Å². The minimum Gasteiger partial charge on any atom is -0.309 e. The molecule has 4 heterocycles. The zero-order valence-corrected chi connectivity index (χ0v) is 36.4. The molecule has 0 radical (unpaired) electrons. The molecule has 0 bridgehead atoms. The standard InChI is InChI=1S/C59H34N4S2/c1-2-15-35(16-3-1)57-60-58(62-59(61-57)45-25-14-24-43-42-22-9-12-27-51(42)65-56(43)45)39-29-30-49(63-48-26-11-8-21-41(48)46-31-36-17-4-5-18-37(36)33-50(46)63)47(32-39)54-40-20-7-6-19-38(40)34-53-55(54)44-23-10-13-28-52(44)64-53/h1-34H. The van der Waals surface area contributed by atoms with E-state index in [0.29, 0.717) is 17.5 Å². The monoisotopic (exact) mass is 862 g/mol. The van der Waals surface area contributed by atoms with E-state index < -0.39 is 0 Å². The van der Waals surface area contributed by atoms with Gasteiger partial charge in [-0.3, -0.25) is 0 Å². The second-order valence-corrected chi connectivity index (χ2v) is 18.8. The molecule has 0 unspecified atom stereocenters. The highest BCUT2D eigenvalue weighted by molar-refractivity contribution is 7.26. The maximum Gasteiger partial charge on any atom is 0.165 e. The molecule has 0 saturated heterocycles. The SMILES string of the molecule is c1ccc(-c2nc(-c3ccc(-n4c5ccccc5c5cc6ccccc6cc54)c(-c4c5ccccc5cc5sc6ccccc6c45)c3)nc(-c3cccc4c3sc3ccccc34)n2)cc1. The lowest BCUT2D eigenvalue weighted by molar-refractivity contribution is 1.08. The van der Waals surface area contributed by atoms with Gasteiger partial charge in [0.2, 0.25) is 0 Å². The van der Waals surface area contributed by atoms with Crippen molar-refractivity contribution in [3.63, 3.8) is 0 Å². The van der Waals surface area contributed by atoms with Crippen LogP contribution in [0.5, 0.6) is 0 Å². The van der Waals surface area contributed by atoms with Crippen molar-refractivity contribution in [1.29, 1.82) is 0 Å². The smallest absolute Gasteiger partial charge is 0.165 e. The molecule has 6 heteroatoms. The van der Waals surface area contributed by atoms with Crippen LogP contribution in [0.4, 0.5) is 0 Å². The fourth-order valence-electron chi connectivity index (χ4n) is 10.1. The van der Waals surface area contributed by atoms with Crippen LogP contribution in [-0.2, 0) is 0 Å². The number of thiophene rings is 2. The number of nitrogens with zero attached hydrogens (tertiary/aromatic N) is 4. The van der Waals surface area contributed by atoms with Crippen LogP contribution >= 0.6 is 22.7 Å². The lowest BCUT2D eigenvalue weighted by Gasteiger charge is -2.19. The molecule has 0 aliphatic rings. The lowest BCUT2D eigenvalue weighted by atomic mass is 9.91. The molecule has 4 aromatic heterocycles. The van der Waals surface area contributed by atoms with Crippen molar-refractivity contribution < 1.29 is 0 Å². The first-order valence-corrected chi connectivity index (χ1v) is 23.5. The Morgan fingerprint density at radius 2 is 0.969 bits per heavy atom. The summed E-state index contributed by atoms with van der Waals surface area (Å²) in [7, 11) is 0. The van der Waals surface area contributed by atoms with E-state index in [1.54, 1.807) is 11.3 Å². The van der Waals surface area contributed by atoms with Crippen molar-refractivity contribution in [1.82, 2.24) is 19.5 Å². The Kier molecular flexibility index (Phi) is 7.99. The number of hydrogen-bond donors (Lipinski definition) is 0. The van der Waals surface area contributed by atoms with Gasteiger partial charge in [-0.1, -0.05) is 146 Å². The van der Waals surface area contributed by atoms with Crippen LogP contribution in [-0.4, -0.2) is 19.5 Å². The van der Waals surface area contributed by atoms with Crippen molar-refractivity contribution in [2.24, 2.45) is 0 Å². The number of aromatic nitrogens is 4. The maximum absolute atomic E-state index is 5.43. The van der Waals surface area contributed by atoms with Crippen molar-refractivity contribution in [3.05, 3.63) is 206 Å². The van der Waals surface area contributed by atoms with Gasteiger partial charge in [0.25, 0.3) is 0 Å². The second-order valence-electron chi connectivity index (χ2n) is 16.7. The summed E-state index contributed by atoms with van der Waals surface area (Å²) in [4.78, 5) is 16.0. The molecule has 65 heavy (non-hydrogen) atoms. The number of benzene rings is 10. The van der Waals surface area contributed by atoms with Gasteiger partial charge < -0.3 is 4.57 Å². The van der Waals surface area contributed by atoms with E-state index in [-0.39, 0.29) is 0 Å². The van der Waals surface area contributed by atoms with Gasteiger partial charge in [-0.05, 0) is 82.2 Å². The average molecular weight is 863 g/mol. The average Bonchev–Trinajstić information content (AvgIpc) is 4.04. The summed E-state index contributed by atoms with van der Waals surface area (Å²) in [5.74, 6) is 1.92. The number of para-hydroxylation sites is 1. The maximum atomic E-state index is 5.43. The summed E-state index contributed by atoms with van der Waals surface area (Å²) in [6.07, 6.45) is 0. The molecule has 0 spiro atoms. The number of fused-ring (bicyclic) bond motifs is 11. The summed E-state index contributed by atoms with van der Waals surface area (Å²) in [5.41, 5.74) is 8.58. The molecule has 0 aliphatic carbocycles. The zero-order chi connectivity index (χ0) is 42.6. The summed E-state index contributed by atoms with van der Waals surface area (Å²) in [6, 6.07) is 74.5. The minimum absolute atomic E-state index is 0.625. The van der Waals surface area contributed by atoms with E-state index in [2.05, 4.69) is 193 Å². The molecular formula is C59H34N4S2. The fourth-order valence-corrected chi connectivity index (χ4v) is 12.5. The van der Waals surface area contributed by atoms with Crippen molar-refractivity contribution in [3.8, 4) is 51.0 Å². The lowest BCUT2D eigenvalue weighted by Crippen LogP contribution is -2.02. The molecule has 14 rings (SSSR count). The van der Waals surface area contributed by atoms with E-state index in [1.165, 1.54) is 78.2 Å². The third kappa shape index (κ3) is 5.64. The van der Waals surface area contributed by atoms with Crippen LogP contribution in [0.15, 0.2) is 206 Å². The molecule has 0 N–H and O–H groups in total. The van der Waals surface area contributed by atoms with Gasteiger partial charge in [-0.25, -0.2) is 15.0 Å². The highest BCUT2D eigenvalue weighted by Crippen LogP contribution is 2.48. The summed E-state index contributed by atoms with van der Waals surface area (Å²) in [5, 5.41) is 12.2. The van der Waals surface area contributed by atoms with Gasteiger partial charge in [0, 0.05) is 78.9 Å². The Hall–Kier alpha value is -8.03. The van der Waals surface area contributed by atoms with E-state index in [4.69, 9.17) is 15.0 Å². The Labute approximate surface area is 381 Å². The molecule has 0 aliphatic heterocycles. The minimum atomic E-state index is 0.625. The van der Waals surface area contributed by atoms with Gasteiger partial charge in [-0.2, -0.15) is 0 Å². The van der Waals surface area contributed by atoms with Crippen LogP contribution < -0.4 is 0 Å². The van der Waals surface area contributed by atoms with E-state index in [0.717, 1.165) is 39.0 Å². The van der Waals surface area contributed by atoms with Gasteiger partial charge in [-0.15, -0.1) is 22.7 Å². The van der Waals surface area contributed by atoms with Crippen molar-refractivity contribution in [2.75, 3.05) is 0 Å². The van der Waals surface area contributed by atoms with Crippen LogP contribution in [0, 0.1) is 0 Å². The molecule has 14 aromatic rings. The molecule has 10 aromatic carbocycles. The third-order valence-corrected chi connectivity index (χ3v) is 15.3. The van der Waals surface area contributed by atoms with Gasteiger partial charge in [0.15, 0.2) is 17.5 Å². The fraction of sp³-hybridized carbons (Fsp3) is 0. The molecule has 0 saturated carbocycles. The van der Waals surface area contributed by atoms with E-state index >= 15 is 0 Å². The first kappa shape index (κ1) is 36.5. The first-order valence-electron chi connectivity index (χ1n) is 21.8. The number of hydrogen-bond acceptors (Lipinski definition) is 5. The van der Waals surface area contributed by atoms with Gasteiger partial charge in [0.05, 0.1) is 16.7 Å². The van der Waals surface area contributed by atoms with Gasteiger partial charge >= 0.3 is 0 Å². The van der Waals surface area contributed by atoms with E-state index in [9.17, 15) is 0 Å². The Bertz CT molecular complexity index is 4250. The molecule has 302 valence electrons. The summed E-state index contributed by atoms with van der Waals surface area (Å²) < 4.78 is 7.42. The Balaban J connectivity index is 1.11. The van der Waals surface area contributed by atoms with Crippen LogP contribution in [0.3, 0.4) is 0 Å². The quantitative estimate of drug-likeness (QED) is 0.173. The number of rotatable bonds is 5.